The maximum Gasteiger partial charge on any atom is 0.407 e. The fraction of sp³-hybridized carbons (Fsp3) is 0.846. The fourth-order valence-corrected chi connectivity index (χ4v) is 2.40. The zero-order valence-electron chi connectivity index (χ0n) is 11.4. The number of ether oxygens (including phenoxy) is 1. The molecule has 1 amide bonds. The van der Waals surface area contributed by atoms with Crippen LogP contribution in [0.3, 0.4) is 0 Å². The van der Waals surface area contributed by atoms with E-state index in [0.717, 1.165) is 19.3 Å². The molecule has 2 N–H and O–H groups in total. The Morgan fingerprint density at radius 2 is 1.89 bits per heavy atom. The Morgan fingerprint density at radius 1 is 1.28 bits per heavy atom. The molecule has 0 spiro atoms. The molecule has 0 aromatic carbocycles. The van der Waals surface area contributed by atoms with Gasteiger partial charge < -0.3 is 15.2 Å². The summed E-state index contributed by atoms with van der Waals surface area (Å²) in [6.07, 6.45) is 2.73. The van der Waals surface area contributed by atoms with Crippen molar-refractivity contribution < 1.29 is 19.4 Å². The predicted octanol–water partition coefficient (Wildman–Crippen LogP) is 2.40. The molecular formula is C13H23NO4. The van der Waals surface area contributed by atoms with E-state index in [1.165, 1.54) is 0 Å². The molecular weight excluding hydrogens is 234 g/mol. The molecule has 1 aliphatic carbocycles. The van der Waals surface area contributed by atoms with Crippen molar-refractivity contribution in [3.05, 3.63) is 0 Å². The average Bonchev–Trinajstić information content (AvgIpc) is 2.58. The first-order valence-corrected chi connectivity index (χ1v) is 6.46. The topological polar surface area (TPSA) is 75.6 Å². The van der Waals surface area contributed by atoms with E-state index in [0.29, 0.717) is 6.54 Å². The molecule has 0 aromatic rings. The number of carboxylic acid groups (broad SMARTS) is 1. The Kier molecular flexibility index (Phi) is 4.99. The van der Waals surface area contributed by atoms with Gasteiger partial charge in [0, 0.05) is 13.0 Å². The van der Waals surface area contributed by atoms with Crippen molar-refractivity contribution in [1.29, 1.82) is 0 Å². The molecule has 0 saturated heterocycles. The van der Waals surface area contributed by atoms with Crippen LogP contribution in [-0.4, -0.2) is 29.3 Å². The third kappa shape index (κ3) is 5.38. The summed E-state index contributed by atoms with van der Waals surface area (Å²) in [6.45, 7) is 5.95. The maximum absolute atomic E-state index is 11.5. The second kappa shape index (κ2) is 6.07. The lowest BCUT2D eigenvalue weighted by Gasteiger charge is -2.22. The van der Waals surface area contributed by atoms with E-state index < -0.39 is 17.7 Å². The third-order valence-electron chi connectivity index (χ3n) is 3.16. The van der Waals surface area contributed by atoms with E-state index in [2.05, 4.69) is 5.32 Å². The van der Waals surface area contributed by atoms with Gasteiger partial charge in [-0.3, -0.25) is 4.79 Å². The van der Waals surface area contributed by atoms with Crippen molar-refractivity contribution in [2.75, 3.05) is 6.54 Å². The number of carboxylic acids is 1. The molecule has 1 aliphatic rings. The molecule has 0 aliphatic heterocycles. The average molecular weight is 257 g/mol. The summed E-state index contributed by atoms with van der Waals surface area (Å²) in [5, 5.41) is 11.5. The van der Waals surface area contributed by atoms with Crippen LogP contribution in [0.5, 0.6) is 0 Å². The summed E-state index contributed by atoms with van der Waals surface area (Å²) in [4.78, 5) is 22.2. The lowest BCUT2D eigenvalue weighted by atomic mass is 9.93. The van der Waals surface area contributed by atoms with Crippen molar-refractivity contribution >= 4 is 12.1 Å². The standard InChI is InChI=1S/C13H23NO4/c1-13(2,3)18-12(17)14-8-10-6-4-5-9(10)7-11(15)16/h9-10H,4-8H2,1-3H3,(H,14,17)(H,15,16)/t9-,10+/m1/s1. The van der Waals surface area contributed by atoms with Crippen LogP contribution < -0.4 is 5.32 Å². The SMILES string of the molecule is CC(C)(C)OC(=O)NC[C@@H]1CCC[C@@H]1CC(=O)O. The van der Waals surface area contributed by atoms with Gasteiger partial charge in [0.1, 0.15) is 5.60 Å². The van der Waals surface area contributed by atoms with Gasteiger partial charge in [-0.25, -0.2) is 4.79 Å². The summed E-state index contributed by atoms with van der Waals surface area (Å²) in [7, 11) is 0. The summed E-state index contributed by atoms with van der Waals surface area (Å²) in [6, 6.07) is 0. The Balaban J connectivity index is 2.34. The number of aliphatic carboxylic acids is 1. The van der Waals surface area contributed by atoms with Gasteiger partial charge in [-0.1, -0.05) is 6.42 Å². The van der Waals surface area contributed by atoms with Gasteiger partial charge in [0.05, 0.1) is 0 Å². The lowest BCUT2D eigenvalue weighted by molar-refractivity contribution is -0.138. The fourth-order valence-electron chi connectivity index (χ4n) is 2.40. The van der Waals surface area contributed by atoms with Gasteiger partial charge in [-0.15, -0.1) is 0 Å². The first-order valence-electron chi connectivity index (χ1n) is 6.46. The van der Waals surface area contributed by atoms with Crippen molar-refractivity contribution in [2.24, 2.45) is 11.8 Å². The molecule has 0 radical (unpaired) electrons. The minimum absolute atomic E-state index is 0.178. The largest absolute Gasteiger partial charge is 0.481 e. The smallest absolute Gasteiger partial charge is 0.407 e. The second-order valence-corrected chi connectivity index (χ2v) is 5.93. The summed E-state index contributed by atoms with van der Waals surface area (Å²) in [5.41, 5.74) is -0.500. The van der Waals surface area contributed by atoms with E-state index >= 15 is 0 Å². The van der Waals surface area contributed by atoms with Crippen LogP contribution in [-0.2, 0) is 9.53 Å². The molecule has 1 fully saturated rings. The molecule has 5 nitrogen and oxygen atoms in total. The highest BCUT2D eigenvalue weighted by Gasteiger charge is 2.29. The molecule has 1 rings (SSSR count). The number of hydrogen-bond donors (Lipinski definition) is 2. The maximum atomic E-state index is 11.5. The highest BCUT2D eigenvalue weighted by molar-refractivity contribution is 5.68. The van der Waals surface area contributed by atoms with Gasteiger partial charge >= 0.3 is 12.1 Å². The molecule has 1 saturated carbocycles. The van der Waals surface area contributed by atoms with Crippen LogP contribution in [0, 0.1) is 11.8 Å². The van der Waals surface area contributed by atoms with E-state index in [1.54, 1.807) is 0 Å². The molecule has 2 atom stereocenters. The van der Waals surface area contributed by atoms with Crippen LogP contribution in [0.15, 0.2) is 0 Å². The van der Waals surface area contributed by atoms with E-state index in [4.69, 9.17) is 9.84 Å². The zero-order chi connectivity index (χ0) is 13.8. The molecule has 5 heteroatoms. The lowest BCUT2D eigenvalue weighted by Crippen LogP contribution is -2.36. The van der Waals surface area contributed by atoms with Crippen molar-refractivity contribution in [3.8, 4) is 0 Å². The van der Waals surface area contributed by atoms with E-state index in [-0.39, 0.29) is 18.3 Å². The molecule has 0 aromatic heterocycles. The zero-order valence-corrected chi connectivity index (χ0v) is 11.4. The summed E-state index contributed by atoms with van der Waals surface area (Å²) >= 11 is 0. The quantitative estimate of drug-likeness (QED) is 0.811. The van der Waals surface area contributed by atoms with Gasteiger partial charge in [0.15, 0.2) is 0 Å². The second-order valence-electron chi connectivity index (χ2n) is 5.93. The minimum Gasteiger partial charge on any atom is -0.481 e. The highest BCUT2D eigenvalue weighted by atomic mass is 16.6. The normalized spacial score (nSPS) is 23.7. The first-order chi connectivity index (χ1) is 8.28. The van der Waals surface area contributed by atoms with Crippen LogP contribution in [0.4, 0.5) is 4.79 Å². The minimum atomic E-state index is -0.760. The first kappa shape index (κ1) is 14.8. The van der Waals surface area contributed by atoms with Crippen molar-refractivity contribution in [1.82, 2.24) is 5.32 Å². The van der Waals surface area contributed by atoms with Gasteiger partial charge in [-0.2, -0.15) is 0 Å². The number of carbonyl (C=O) groups is 2. The Bertz CT molecular complexity index is 309. The van der Waals surface area contributed by atoms with E-state index in [1.807, 2.05) is 20.8 Å². The molecule has 0 heterocycles. The van der Waals surface area contributed by atoms with Gasteiger partial charge in [0.2, 0.25) is 0 Å². The van der Waals surface area contributed by atoms with Crippen molar-refractivity contribution in [3.63, 3.8) is 0 Å². The van der Waals surface area contributed by atoms with Gasteiger partial charge in [0.25, 0.3) is 0 Å². The Hall–Kier alpha value is -1.26. The Morgan fingerprint density at radius 3 is 2.44 bits per heavy atom. The van der Waals surface area contributed by atoms with Crippen LogP contribution >= 0.6 is 0 Å². The molecule has 0 unspecified atom stereocenters. The van der Waals surface area contributed by atoms with Gasteiger partial charge in [-0.05, 0) is 45.4 Å². The summed E-state index contributed by atoms with van der Waals surface area (Å²) in [5.74, 6) is -0.324. The number of amides is 1. The van der Waals surface area contributed by atoms with Crippen LogP contribution in [0.1, 0.15) is 46.5 Å². The number of alkyl carbamates (subject to hydrolysis) is 1. The molecule has 0 bridgehead atoms. The highest BCUT2D eigenvalue weighted by Crippen LogP contribution is 2.33. The monoisotopic (exact) mass is 257 g/mol. The number of nitrogens with one attached hydrogen (secondary N) is 1. The third-order valence-corrected chi connectivity index (χ3v) is 3.16. The number of hydrogen-bond acceptors (Lipinski definition) is 3. The van der Waals surface area contributed by atoms with Crippen LogP contribution in [0.2, 0.25) is 0 Å². The van der Waals surface area contributed by atoms with E-state index in [9.17, 15) is 9.59 Å². The summed E-state index contributed by atoms with van der Waals surface area (Å²) < 4.78 is 5.15. The Labute approximate surface area is 108 Å². The number of carbonyl (C=O) groups excluding carboxylic acids is 1. The van der Waals surface area contributed by atoms with Crippen LogP contribution in [0.25, 0.3) is 0 Å². The molecule has 104 valence electrons. The predicted molar refractivity (Wildman–Crippen MR) is 67.3 cm³/mol. The molecule has 18 heavy (non-hydrogen) atoms. The number of rotatable bonds is 4. The van der Waals surface area contributed by atoms with Crippen molar-refractivity contribution in [2.45, 2.75) is 52.1 Å².